The normalized spacial score (nSPS) is 11.7. The lowest BCUT2D eigenvalue weighted by atomic mass is 9.64. The third-order valence-corrected chi connectivity index (χ3v) is 7.26. The highest BCUT2D eigenvalue weighted by molar-refractivity contribution is 5.95. The van der Waals surface area contributed by atoms with Gasteiger partial charge in [0.1, 0.15) is 23.9 Å². The van der Waals surface area contributed by atoms with Crippen LogP contribution >= 0.6 is 0 Å². The second kappa shape index (κ2) is 14.0. The summed E-state index contributed by atoms with van der Waals surface area (Å²) in [4.78, 5) is 29.5. The Morgan fingerprint density at radius 2 is 1.62 bits per heavy atom. The number of benzene rings is 2. The zero-order chi connectivity index (χ0) is 29.3. The summed E-state index contributed by atoms with van der Waals surface area (Å²) in [7, 11) is 1.60. The molecule has 0 fully saturated rings. The monoisotopic (exact) mass is 551 g/mol. The maximum absolute atomic E-state index is 12.4. The number of fused-ring (bicyclic) bond motifs is 1. The van der Waals surface area contributed by atoms with Crippen molar-refractivity contribution in [3.8, 4) is 17.2 Å². The topological polar surface area (TPSA) is 115 Å². The predicted molar refractivity (Wildman–Crippen MR) is 154 cm³/mol. The number of carbonyl (C=O) groups is 2. The van der Waals surface area contributed by atoms with Gasteiger partial charge in [-0.3, -0.25) is 14.6 Å². The zero-order valence-electron chi connectivity index (χ0n) is 24.1. The van der Waals surface area contributed by atoms with Crippen molar-refractivity contribution < 1.29 is 34.0 Å². The van der Waals surface area contributed by atoms with Crippen LogP contribution in [0.4, 0.5) is 0 Å². The number of carboxylic acids is 2. The minimum absolute atomic E-state index is 0.0989. The quantitative estimate of drug-likeness (QED) is 0.183. The Morgan fingerprint density at radius 1 is 0.975 bits per heavy atom. The fourth-order valence-corrected chi connectivity index (χ4v) is 5.35. The average Bonchev–Trinajstić information content (AvgIpc) is 2.93. The molecule has 8 heteroatoms. The largest absolute Gasteiger partial charge is 0.497 e. The van der Waals surface area contributed by atoms with Crippen molar-refractivity contribution in [2.75, 3.05) is 7.11 Å². The van der Waals surface area contributed by atoms with Crippen LogP contribution in [0.3, 0.4) is 0 Å². The zero-order valence-corrected chi connectivity index (χ0v) is 24.1. The summed E-state index contributed by atoms with van der Waals surface area (Å²) < 4.78 is 18.0. The van der Waals surface area contributed by atoms with Gasteiger partial charge in [0.05, 0.1) is 24.3 Å². The predicted octanol–water partition coefficient (Wildman–Crippen LogP) is 7.01. The van der Waals surface area contributed by atoms with Crippen molar-refractivity contribution in [1.29, 1.82) is 0 Å². The molecule has 1 aromatic heterocycles. The summed E-state index contributed by atoms with van der Waals surface area (Å²) in [5.41, 5.74) is 0.940. The second-order valence-electron chi connectivity index (χ2n) is 10.4. The molecule has 3 aromatic rings. The Labute approximate surface area is 236 Å². The summed E-state index contributed by atoms with van der Waals surface area (Å²) in [6, 6.07) is 12.8. The summed E-state index contributed by atoms with van der Waals surface area (Å²) in [5, 5.41) is 21.1. The van der Waals surface area contributed by atoms with Gasteiger partial charge in [0.25, 0.3) is 0 Å². The molecule has 216 valence electrons. The van der Waals surface area contributed by atoms with E-state index in [1.54, 1.807) is 19.4 Å². The molecule has 0 aliphatic heterocycles. The van der Waals surface area contributed by atoms with E-state index in [1.165, 1.54) is 0 Å². The van der Waals surface area contributed by atoms with Gasteiger partial charge in [0.15, 0.2) is 5.92 Å². The second-order valence-corrected chi connectivity index (χ2v) is 10.4. The molecule has 0 aliphatic rings. The van der Waals surface area contributed by atoms with E-state index < -0.39 is 23.3 Å². The van der Waals surface area contributed by atoms with E-state index in [0.29, 0.717) is 54.1 Å². The van der Waals surface area contributed by atoms with Gasteiger partial charge in [-0.1, -0.05) is 57.7 Å². The molecular weight excluding hydrogens is 510 g/mol. The van der Waals surface area contributed by atoms with Crippen molar-refractivity contribution in [3.63, 3.8) is 0 Å². The van der Waals surface area contributed by atoms with Crippen LogP contribution in [0.2, 0.25) is 0 Å². The number of pyridine rings is 1. The molecule has 40 heavy (non-hydrogen) atoms. The molecule has 0 saturated heterocycles. The molecule has 0 spiro atoms. The third-order valence-electron chi connectivity index (χ3n) is 7.26. The molecule has 1 heterocycles. The van der Waals surface area contributed by atoms with Gasteiger partial charge in [0, 0.05) is 22.6 Å². The molecule has 0 atom stereocenters. The number of hydrogen-bond acceptors (Lipinski definition) is 6. The highest BCUT2D eigenvalue weighted by Crippen LogP contribution is 2.46. The first kappa shape index (κ1) is 30.7. The van der Waals surface area contributed by atoms with E-state index in [4.69, 9.17) is 14.2 Å². The Kier molecular flexibility index (Phi) is 10.8. The maximum Gasteiger partial charge on any atom is 0.318 e. The minimum atomic E-state index is -1.61. The van der Waals surface area contributed by atoms with Gasteiger partial charge < -0.3 is 24.4 Å². The molecule has 2 N–H and O–H groups in total. The molecular formula is C32H41NO7. The lowest BCUT2D eigenvalue weighted by molar-refractivity contribution is -0.159. The number of aliphatic carboxylic acids is 2. The summed E-state index contributed by atoms with van der Waals surface area (Å²) in [6.07, 6.45) is 5.46. The number of rotatable bonds is 16. The number of methoxy groups -OCH3 is 1. The fraction of sp³-hybridized carbons (Fsp3) is 0.469. The number of nitrogens with zero attached hydrogens (tertiary/aromatic N) is 1. The molecule has 0 amide bonds. The molecule has 0 unspecified atom stereocenters. The summed E-state index contributed by atoms with van der Waals surface area (Å²) >= 11 is 0. The van der Waals surface area contributed by atoms with Crippen molar-refractivity contribution in [3.05, 3.63) is 59.8 Å². The molecule has 2 aromatic carbocycles. The summed E-state index contributed by atoms with van der Waals surface area (Å²) in [5.74, 6) is -2.51. The molecule has 0 aliphatic carbocycles. The van der Waals surface area contributed by atoms with Crippen LogP contribution in [-0.2, 0) is 21.6 Å². The van der Waals surface area contributed by atoms with Crippen LogP contribution < -0.4 is 14.2 Å². The standard InChI is InChI=1S/C32H41NO7/c1-6-8-16-32(17-9-7-2,28(30(34)35)31(36)37)25-12-10-11-13-27(25)39-20-22-19-33-26-15-14-23(38-5)18-24(26)29(22)40-21(3)4/h10-15,18-19,21,28H,6-9,16-17,20H2,1-5H3,(H,34,35)(H,36,37). The Balaban J connectivity index is 2.12. The fourth-order valence-electron chi connectivity index (χ4n) is 5.35. The van der Waals surface area contributed by atoms with Gasteiger partial charge in [-0.15, -0.1) is 0 Å². The van der Waals surface area contributed by atoms with E-state index >= 15 is 0 Å². The first-order valence-electron chi connectivity index (χ1n) is 14.0. The van der Waals surface area contributed by atoms with E-state index in [-0.39, 0.29) is 12.7 Å². The number of unbranched alkanes of at least 4 members (excludes halogenated alkanes) is 2. The van der Waals surface area contributed by atoms with Crippen LogP contribution in [0.5, 0.6) is 17.2 Å². The first-order chi connectivity index (χ1) is 19.2. The minimum Gasteiger partial charge on any atom is -0.497 e. The molecule has 0 radical (unpaired) electrons. The summed E-state index contributed by atoms with van der Waals surface area (Å²) in [6.45, 7) is 8.02. The number of para-hydroxylation sites is 1. The van der Waals surface area contributed by atoms with E-state index in [9.17, 15) is 19.8 Å². The van der Waals surface area contributed by atoms with Gasteiger partial charge in [-0.25, -0.2) is 0 Å². The molecule has 0 bridgehead atoms. The van der Waals surface area contributed by atoms with Crippen LogP contribution in [0.1, 0.15) is 77.3 Å². The highest BCUT2D eigenvalue weighted by Gasteiger charge is 2.49. The van der Waals surface area contributed by atoms with Gasteiger partial charge in [-0.05, 0) is 51.0 Å². The van der Waals surface area contributed by atoms with Gasteiger partial charge >= 0.3 is 11.9 Å². The van der Waals surface area contributed by atoms with Crippen molar-refractivity contribution in [1.82, 2.24) is 4.98 Å². The van der Waals surface area contributed by atoms with E-state index in [1.807, 2.05) is 64.1 Å². The number of carboxylic acid groups (broad SMARTS) is 2. The average molecular weight is 552 g/mol. The number of ether oxygens (including phenoxy) is 3. The van der Waals surface area contributed by atoms with Crippen LogP contribution in [-0.4, -0.2) is 40.3 Å². The molecule has 8 nitrogen and oxygen atoms in total. The van der Waals surface area contributed by atoms with Gasteiger partial charge in [0.2, 0.25) is 0 Å². The number of hydrogen-bond donors (Lipinski definition) is 2. The van der Waals surface area contributed by atoms with E-state index in [0.717, 1.165) is 23.7 Å². The molecule has 0 saturated carbocycles. The maximum atomic E-state index is 12.4. The highest BCUT2D eigenvalue weighted by atomic mass is 16.5. The van der Waals surface area contributed by atoms with E-state index in [2.05, 4.69) is 4.98 Å². The van der Waals surface area contributed by atoms with Crippen LogP contribution in [0, 0.1) is 5.92 Å². The SMILES string of the molecule is CCCCC(CCCC)(c1ccccc1OCc1cnc2ccc(OC)cc2c1OC(C)C)C(C(=O)O)C(=O)O. The number of aromatic nitrogens is 1. The smallest absolute Gasteiger partial charge is 0.318 e. The van der Waals surface area contributed by atoms with Crippen molar-refractivity contribution in [2.45, 2.75) is 84.3 Å². The van der Waals surface area contributed by atoms with Crippen molar-refractivity contribution >= 4 is 22.8 Å². The molecule has 3 rings (SSSR count). The Morgan fingerprint density at radius 3 is 2.20 bits per heavy atom. The van der Waals surface area contributed by atoms with Crippen molar-refractivity contribution in [2.24, 2.45) is 5.92 Å². The first-order valence-corrected chi connectivity index (χ1v) is 14.0. The van der Waals surface area contributed by atoms with Crippen LogP contribution in [0.15, 0.2) is 48.7 Å². The lowest BCUT2D eigenvalue weighted by Crippen LogP contribution is -2.45. The Bertz CT molecular complexity index is 1280. The Hall–Kier alpha value is -3.81. The van der Waals surface area contributed by atoms with Crippen LogP contribution in [0.25, 0.3) is 10.9 Å². The lowest BCUT2D eigenvalue weighted by Gasteiger charge is -2.38. The third kappa shape index (κ3) is 6.84. The van der Waals surface area contributed by atoms with Gasteiger partial charge in [-0.2, -0.15) is 0 Å².